The van der Waals surface area contributed by atoms with E-state index in [-0.39, 0.29) is 0 Å². The number of hydrogen-bond acceptors (Lipinski definition) is 3. The molecular weight excluding hydrogens is 178 g/mol. The summed E-state index contributed by atoms with van der Waals surface area (Å²) in [7, 11) is 1.80. The lowest BCUT2D eigenvalue weighted by Gasteiger charge is -2.18. The molecule has 2 aliphatic rings. The summed E-state index contributed by atoms with van der Waals surface area (Å²) in [5.41, 5.74) is 1.17. The lowest BCUT2D eigenvalue weighted by Crippen LogP contribution is -2.13. The van der Waals surface area contributed by atoms with E-state index in [9.17, 15) is 0 Å². The summed E-state index contributed by atoms with van der Waals surface area (Å²) in [5.74, 6) is 1.43. The first-order chi connectivity index (χ1) is 6.90. The second kappa shape index (κ2) is 4.05. The van der Waals surface area contributed by atoms with Crippen LogP contribution in [0.5, 0.6) is 0 Å². The molecule has 0 saturated heterocycles. The maximum absolute atomic E-state index is 5.56. The summed E-state index contributed by atoms with van der Waals surface area (Å²) in [4.78, 5) is 0. The third-order valence-electron chi connectivity index (χ3n) is 2.15. The Kier molecular flexibility index (Phi) is 2.58. The fraction of sp³-hybridized carbons (Fsp3) is 0.273. The zero-order valence-electron chi connectivity index (χ0n) is 8.12. The number of ether oxygens (including phenoxy) is 2. The van der Waals surface area contributed by atoms with Gasteiger partial charge in [-0.3, -0.25) is 0 Å². The smallest absolute Gasteiger partial charge is 0.228 e. The Morgan fingerprint density at radius 2 is 2.29 bits per heavy atom. The van der Waals surface area contributed by atoms with E-state index in [4.69, 9.17) is 9.47 Å². The van der Waals surface area contributed by atoms with Crippen molar-refractivity contribution in [2.75, 3.05) is 7.05 Å². The van der Waals surface area contributed by atoms with E-state index in [1.54, 1.807) is 19.6 Å². The molecule has 1 aliphatic heterocycles. The number of allylic oxidation sites excluding steroid dienone is 4. The predicted octanol–water partition coefficient (Wildman–Crippen LogP) is 2.17. The van der Waals surface area contributed by atoms with Crippen LogP contribution in [0.3, 0.4) is 0 Å². The molecule has 0 bridgehead atoms. The first-order valence-electron chi connectivity index (χ1n) is 4.67. The predicted molar refractivity (Wildman–Crippen MR) is 53.9 cm³/mol. The van der Waals surface area contributed by atoms with Gasteiger partial charge in [0.2, 0.25) is 5.88 Å². The summed E-state index contributed by atoms with van der Waals surface area (Å²) >= 11 is 0. The van der Waals surface area contributed by atoms with Gasteiger partial charge in [-0.05, 0) is 18.4 Å². The molecule has 0 aromatic carbocycles. The van der Waals surface area contributed by atoms with Crippen LogP contribution >= 0.6 is 0 Å². The average molecular weight is 191 g/mol. The summed E-state index contributed by atoms with van der Waals surface area (Å²) in [6.07, 6.45) is 11.5. The quantitative estimate of drug-likeness (QED) is 0.725. The molecule has 1 heterocycles. The Bertz CT molecular complexity index is 337. The van der Waals surface area contributed by atoms with Crippen molar-refractivity contribution in [3.05, 3.63) is 48.0 Å². The highest BCUT2D eigenvalue weighted by Crippen LogP contribution is 2.24. The zero-order valence-corrected chi connectivity index (χ0v) is 8.12. The lowest BCUT2D eigenvalue weighted by molar-refractivity contribution is 0.212. The summed E-state index contributed by atoms with van der Waals surface area (Å²) in [6.45, 7) is 0. The van der Waals surface area contributed by atoms with Crippen LogP contribution in [0.4, 0.5) is 0 Å². The van der Waals surface area contributed by atoms with Crippen molar-refractivity contribution >= 4 is 0 Å². The molecule has 14 heavy (non-hydrogen) atoms. The fourth-order valence-corrected chi connectivity index (χ4v) is 1.38. The first-order valence-corrected chi connectivity index (χ1v) is 4.67. The van der Waals surface area contributed by atoms with Gasteiger partial charge in [0.15, 0.2) is 12.0 Å². The molecule has 0 aromatic heterocycles. The number of hydrogen-bond donors (Lipinski definition) is 1. The number of rotatable bonds is 2. The van der Waals surface area contributed by atoms with Crippen LogP contribution in [0, 0.1) is 0 Å². The molecule has 2 rings (SSSR count). The maximum Gasteiger partial charge on any atom is 0.228 e. The molecule has 0 radical (unpaired) electrons. The second-order valence-corrected chi connectivity index (χ2v) is 3.11. The minimum absolute atomic E-state index is 0.637. The van der Waals surface area contributed by atoms with Crippen molar-refractivity contribution in [2.24, 2.45) is 0 Å². The van der Waals surface area contributed by atoms with Gasteiger partial charge in [-0.15, -0.1) is 0 Å². The molecular formula is C11H13NO2. The van der Waals surface area contributed by atoms with E-state index in [1.165, 1.54) is 5.57 Å². The third kappa shape index (κ3) is 1.82. The molecule has 74 valence electrons. The minimum Gasteiger partial charge on any atom is -0.463 e. The molecule has 3 heteroatoms. The number of nitrogens with one attached hydrogen (secondary N) is 1. The van der Waals surface area contributed by atoms with Gasteiger partial charge in [0.25, 0.3) is 0 Å². The lowest BCUT2D eigenvalue weighted by atomic mass is 10.0. The molecule has 1 N–H and O–H groups in total. The van der Waals surface area contributed by atoms with Crippen molar-refractivity contribution < 1.29 is 9.47 Å². The van der Waals surface area contributed by atoms with E-state index in [1.807, 2.05) is 6.08 Å². The van der Waals surface area contributed by atoms with Crippen molar-refractivity contribution in [3.8, 4) is 0 Å². The molecule has 0 fully saturated rings. The topological polar surface area (TPSA) is 30.5 Å². The van der Waals surface area contributed by atoms with E-state index in [2.05, 4.69) is 17.5 Å². The zero-order chi connectivity index (χ0) is 9.80. The van der Waals surface area contributed by atoms with Crippen LogP contribution in [0.15, 0.2) is 48.0 Å². The van der Waals surface area contributed by atoms with Gasteiger partial charge in [0, 0.05) is 7.05 Å². The molecule has 0 atom stereocenters. The van der Waals surface area contributed by atoms with Crippen LogP contribution in [0.1, 0.15) is 12.8 Å². The van der Waals surface area contributed by atoms with Crippen LogP contribution < -0.4 is 5.32 Å². The van der Waals surface area contributed by atoms with Gasteiger partial charge >= 0.3 is 0 Å². The van der Waals surface area contributed by atoms with Gasteiger partial charge < -0.3 is 14.8 Å². The standard InChI is InChI=1S/C11H13NO2/c1-12-11-8-13-7-10(14-11)9-5-3-2-4-6-9/h2-3,5,7-8,12H,4,6H2,1H3. The summed E-state index contributed by atoms with van der Waals surface area (Å²) in [5, 5.41) is 2.90. The Balaban J connectivity index is 2.09. The minimum atomic E-state index is 0.637. The van der Waals surface area contributed by atoms with Crippen LogP contribution in [0.2, 0.25) is 0 Å². The third-order valence-corrected chi connectivity index (χ3v) is 2.15. The molecule has 0 spiro atoms. The van der Waals surface area contributed by atoms with Crippen molar-refractivity contribution in [1.82, 2.24) is 5.32 Å². The van der Waals surface area contributed by atoms with Crippen molar-refractivity contribution in [3.63, 3.8) is 0 Å². The van der Waals surface area contributed by atoms with Crippen molar-refractivity contribution in [1.29, 1.82) is 0 Å². The van der Waals surface area contributed by atoms with Crippen LogP contribution in [-0.4, -0.2) is 7.05 Å². The Labute approximate surface area is 83.4 Å². The highest BCUT2D eigenvalue weighted by molar-refractivity contribution is 5.33. The van der Waals surface area contributed by atoms with Gasteiger partial charge in [0.05, 0.1) is 0 Å². The van der Waals surface area contributed by atoms with Crippen LogP contribution in [-0.2, 0) is 9.47 Å². The molecule has 1 aliphatic carbocycles. The van der Waals surface area contributed by atoms with Crippen molar-refractivity contribution in [2.45, 2.75) is 12.8 Å². The summed E-state index contributed by atoms with van der Waals surface area (Å²) < 4.78 is 10.7. The molecule has 0 aromatic rings. The summed E-state index contributed by atoms with van der Waals surface area (Å²) in [6, 6.07) is 0. The maximum atomic E-state index is 5.56. The van der Waals surface area contributed by atoms with Gasteiger partial charge in [-0.1, -0.05) is 18.2 Å². The van der Waals surface area contributed by atoms with E-state index >= 15 is 0 Å². The SMILES string of the molecule is CNC1=COC=C(C2=CC=CCC2)O1. The monoisotopic (exact) mass is 191 g/mol. The van der Waals surface area contributed by atoms with Gasteiger partial charge in [0.1, 0.15) is 6.26 Å². The molecule has 0 saturated carbocycles. The highest BCUT2D eigenvalue weighted by Gasteiger charge is 2.13. The van der Waals surface area contributed by atoms with Gasteiger partial charge in [-0.2, -0.15) is 0 Å². The Morgan fingerprint density at radius 1 is 1.36 bits per heavy atom. The van der Waals surface area contributed by atoms with E-state index < -0.39 is 0 Å². The first kappa shape index (κ1) is 8.94. The molecule has 0 unspecified atom stereocenters. The fourth-order valence-electron chi connectivity index (χ4n) is 1.38. The molecule has 3 nitrogen and oxygen atoms in total. The van der Waals surface area contributed by atoms with Crippen LogP contribution in [0.25, 0.3) is 0 Å². The Hall–Kier alpha value is -1.64. The second-order valence-electron chi connectivity index (χ2n) is 3.11. The highest BCUT2D eigenvalue weighted by atomic mass is 16.6. The largest absolute Gasteiger partial charge is 0.463 e. The Morgan fingerprint density at radius 3 is 3.00 bits per heavy atom. The molecule has 0 amide bonds. The van der Waals surface area contributed by atoms with Gasteiger partial charge in [-0.25, -0.2) is 0 Å². The van der Waals surface area contributed by atoms with E-state index in [0.717, 1.165) is 18.6 Å². The average Bonchev–Trinajstić information content (AvgIpc) is 2.30. The normalized spacial score (nSPS) is 19.9. The van der Waals surface area contributed by atoms with E-state index in [0.29, 0.717) is 5.88 Å².